The van der Waals surface area contributed by atoms with E-state index in [4.69, 9.17) is 23.2 Å². The average molecular weight is 603 g/mol. The number of hydrogen-bond acceptors (Lipinski definition) is 8. The van der Waals surface area contributed by atoms with Gasteiger partial charge in [-0.1, -0.05) is 27.7 Å². The van der Waals surface area contributed by atoms with Gasteiger partial charge in [0.25, 0.3) is 17.7 Å². The number of rotatable bonds is 5. The van der Waals surface area contributed by atoms with Crippen molar-refractivity contribution in [2.45, 2.75) is 13.3 Å². The molecule has 2 aliphatic heterocycles. The molecule has 2 N–H and O–H groups in total. The summed E-state index contributed by atoms with van der Waals surface area (Å²) in [5.74, 6) is -0.559. The van der Waals surface area contributed by atoms with E-state index in [1.165, 1.54) is 0 Å². The van der Waals surface area contributed by atoms with Crippen molar-refractivity contribution in [3.63, 3.8) is 0 Å². The standard InChI is InChI=1S/C27H29Cl2N7O3S/c1-17-24(40-33-32-17)25(37)31-22-15-18(26(38)35-9-2-7-30-8-10-35)3-6-23(22)34-11-13-36(14-12-34)27(39)20-5-4-19(28)16-21(20)29/h3-6,15-16,30H,2,7-14H2,1H3,(H,31,37). The van der Waals surface area contributed by atoms with Gasteiger partial charge in [0.2, 0.25) is 0 Å². The summed E-state index contributed by atoms with van der Waals surface area (Å²) in [7, 11) is 0. The highest BCUT2D eigenvalue weighted by Crippen LogP contribution is 2.31. The number of aryl methyl sites for hydroxylation is 1. The van der Waals surface area contributed by atoms with E-state index in [2.05, 4.69) is 25.1 Å². The van der Waals surface area contributed by atoms with Crippen molar-refractivity contribution in [2.24, 2.45) is 0 Å². The van der Waals surface area contributed by atoms with Gasteiger partial charge in [-0.15, -0.1) is 5.10 Å². The van der Waals surface area contributed by atoms with Crippen molar-refractivity contribution >= 4 is 63.8 Å². The Bertz CT molecular complexity index is 1420. The van der Waals surface area contributed by atoms with Crippen molar-refractivity contribution in [3.8, 4) is 0 Å². The normalized spacial score (nSPS) is 16.0. The Balaban J connectivity index is 1.37. The third-order valence-electron chi connectivity index (χ3n) is 7.05. The maximum absolute atomic E-state index is 13.4. The van der Waals surface area contributed by atoms with Crippen molar-refractivity contribution in [2.75, 3.05) is 62.6 Å². The minimum Gasteiger partial charge on any atom is -0.366 e. The molecule has 0 saturated carbocycles. The van der Waals surface area contributed by atoms with Crippen LogP contribution in [-0.2, 0) is 0 Å². The van der Waals surface area contributed by atoms with Crippen LogP contribution >= 0.6 is 34.7 Å². The van der Waals surface area contributed by atoms with E-state index in [0.29, 0.717) is 76.7 Å². The molecule has 0 spiro atoms. The number of piperazine rings is 1. The Morgan fingerprint density at radius 2 is 1.70 bits per heavy atom. The quantitative estimate of drug-likeness (QED) is 0.457. The molecule has 5 rings (SSSR count). The maximum Gasteiger partial charge on any atom is 0.269 e. The fourth-order valence-corrected chi connectivity index (χ4v) is 5.92. The molecule has 13 heteroatoms. The first-order valence-corrected chi connectivity index (χ1v) is 14.6. The summed E-state index contributed by atoms with van der Waals surface area (Å²) in [6.07, 6.45) is 0.884. The summed E-state index contributed by atoms with van der Waals surface area (Å²) >= 11 is 13.3. The Morgan fingerprint density at radius 3 is 2.42 bits per heavy atom. The summed E-state index contributed by atoms with van der Waals surface area (Å²) in [4.78, 5) is 45.7. The monoisotopic (exact) mass is 601 g/mol. The SMILES string of the molecule is Cc1nnsc1C(=O)Nc1cc(C(=O)N2CCCNCC2)ccc1N1CCN(C(=O)c2ccc(Cl)cc2Cl)CC1. The third-order valence-corrected chi connectivity index (χ3v) is 8.42. The summed E-state index contributed by atoms with van der Waals surface area (Å²) < 4.78 is 3.87. The lowest BCUT2D eigenvalue weighted by Crippen LogP contribution is -2.49. The van der Waals surface area contributed by atoms with Gasteiger partial charge in [-0.3, -0.25) is 14.4 Å². The van der Waals surface area contributed by atoms with Crippen LogP contribution in [0.15, 0.2) is 36.4 Å². The number of hydrogen-bond donors (Lipinski definition) is 2. The molecule has 40 heavy (non-hydrogen) atoms. The van der Waals surface area contributed by atoms with Crippen LogP contribution in [0.1, 0.15) is 42.5 Å². The Labute approximate surface area is 246 Å². The summed E-state index contributed by atoms with van der Waals surface area (Å²) in [5.41, 5.74) is 2.76. The van der Waals surface area contributed by atoms with E-state index >= 15 is 0 Å². The third kappa shape index (κ3) is 6.22. The van der Waals surface area contributed by atoms with Crippen molar-refractivity contribution in [1.82, 2.24) is 24.7 Å². The summed E-state index contributed by atoms with van der Waals surface area (Å²) in [6.45, 7) is 6.65. The molecule has 0 aliphatic carbocycles. The first-order chi connectivity index (χ1) is 19.3. The average Bonchev–Trinajstić information content (AvgIpc) is 3.20. The topological polar surface area (TPSA) is 111 Å². The van der Waals surface area contributed by atoms with Crippen molar-refractivity contribution in [3.05, 3.63) is 68.1 Å². The summed E-state index contributed by atoms with van der Waals surface area (Å²) in [6, 6.07) is 10.3. The number of anilines is 2. The lowest BCUT2D eigenvalue weighted by Gasteiger charge is -2.37. The lowest BCUT2D eigenvalue weighted by atomic mass is 10.1. The number of nitrogens with zero attached hydrogens (tertiary/aromatic N) is 5. The van der Waals surface area contributed by atoms with Gasteiger partial charge in [-0.2, -0.15) is 0 Å². The molecular weight excluding hydrogens is 573 g/mol. The van der Waals surface area contributed by atoms with Gasteiger partial charge in [0, 0.05) is 56.4 Å². The van der Waals surface area contributed by atoms with E-state index < -0.39 is 0 Å². The molecule has 2 aliphatic rings. The highest BCUT2D eigenvalue weighted by molar-refractivity contribution is 7.08. The number of nitrogens with one attached hydrogen (secondary N) is 2. The number of carbonyl (C=O) groups excluding carboxylic acids is 3. The molecule has 1 aromatic heterocycles. The summed E-state index contributed by atoms with van der Waals surface area (Å²) in [5, 5.41) is 11.0. The molecule has 2 aromatic carbocycles. The van der Waals surface area contributed by atoms with Crippen LogP contribution in [0.3, 0.4) is 0 Å². The number of carbonyl (C=O) groups is 3. The first kappa shape index (κ1) is 28.3. The predicted molar refractivity (Wildman–Crippen MR) is 157 cm³/mol. The van der Waals surface area contributed by atoms with E-state index in [-0.39, 0.29) is 17.7 Å². The van der Waals surface area contributed by atoms with Gasteiger partial charge in [0.15, 0.2) is 0 Å². The number of benzene rings is 2. The minimum absolute atomic E-state index is 0.0726. The molecule has 0 radical (unpaired) electrons. The van der Waals surface area contributed by atoms with Crippen molar-refractivity contribution < 1.29 is 14.4 Å². The van der Waals surface area contributed by atoms with Gasteiger partial charge >= 0.3 is 0 Å². The molecule has 2 fully saturated rings. The second kappa shape index (κ2) is 12.5. The molecular formula is C27H29Cl2N7O3S. The molecule has 0 bridgehead atoms. The Morgan fingerprint density at radius 1 is 0.925 bits per heavy atom. The van der Waals surface area contributed by atoms with Gasteiger partial charge in [-0.25, -0.2) is 0 Å². The predicted octanol–water partition coefficient (Wildman–Crippen LogP) is 3.80. The second-order valence-corrected chi connectivity index (χ2v) is 11.3. The van der Waals surface area contributed by atoms with Gasteiger partial charge in [0.05, 0.1) is 27.7 Å². The van der Waals surface area contributed by atoms with Crippen LogP contribution in [0, 0.1) is 6.92 Å². The second-order valence-electron chi connectivity index (χ2n) is 9.67. The first-order valence-electron chi connectivity index (χ1n) is 13.1. The zero-order chi connectivity index (χ0) is 28.2. The fraction of sp³-hybridized carbons (Fsp3) is 0.370. The molecule has 3 heterocycles. The van der Waals surface area contributed by atoms with Gasteiger partial charge < -0.3 is 25.3 Å². The molecule has 210 valence electrons. The molecule has 10 nitrogen and oxygen atoms in total. The highest BCUT2D eigenvalue weighted by atomic mass is 35.5. The zero-order valence-corrected chi connectivity index (χ0v) is 24.3. The maximum atomic E-state index is 13.4. The van der Waals surface area contributed by atoms with Crippen LogP contribution in [0.5, 0.6) is 0 Å². The van der Waals surface area contributed by atoms with E-state index in [1.807, 2.05) is 11.0 Å². The largest absolute Gasteiger partial charge is 0.366 e. The van der Waals surface area contributed by atoms with Crippen molar-refractivity contribution in [1.29, 1.82) is 0 Å². The van der Waals surface area contributed by atoms with E-state index in [1.54, 1.807) is 42.2 Å². The van der Waals surface area contributed by atoms with E-state index in [9.17, 15) is 14.4 Å². The minimum atomic E-state index is -0.330. The van der Waals surface area contributed by atoms with Crippen LogP contribution < -0.4 is 15.5 Å². The van der Waals surface area contributed by atoms with Gasteiger partial charge in [0.1, 0.15) is 4.88 Å². The number of halogens is 2. The fourth-order valence-electron chi connectivity index (χ4n) is 4.88. The molecule has 3 amide bonds. The smallest absolute Gasteiger partial charge is 0.269 e. The van der Waals surface area contributed by atoms with Crippen LogP contribution in [0.4, 0.5) is 11.4 Å². The van der Waals surface area contributed by atoms with E-state index in [0.717, 1.165) is 36.7 Å². The molecule has 3 aromatic rings. The molecule has 2 saturated heterocycles. The van der Waals surface area contributed by atoms with Crippen LogP contribution in [0.2, 0.25) is 10.0 Å². The van der Waals surface area contributed by atoms with Crippen LogP contribution in [-0.4, -0.2) is 89.5 Å². The number of amides is 3. The number of aromatic nitrogens is 2. The zero-order valence-electron chi connectivity index (χ0n) is 22.0. The van der Waals surface area contributed by atoms with Gasteiger partial charge in [-0.05, 0) is 67.8 Å². The highest BCUT2D eigenvalue weighted by Gasteiger charge is 2.27. The lowest BCUT2D eigenvalue weighted by molar-refractivity contribution is 0.0744. The molecule has 0 atom stereocenters. The van der Waals surface area contributed by atoms with Crippen LogP contribution in [0.25, 0.3) is 0 Å². The Hall–Kier alpha value is -3.25. The Kier molecular flexibility index (Phi) is 8.84. The molecule has 0 unspecified atom stereocenters.